The molecule has 1 amide bonds. The van der Waals surface area contributed by atoms with Gasteiger partial charge < -0.3 is 20.0 Å². The minimum absolute atomic E-state index is 0.0277. The van der Waals surface area contributed by atoms with Crippen molar-refractivity contribution in [3.8, 4) is 0 Å². The Morgan fingerprint density at radius 2 is 2.12 bits per heavy atom. The number of hydrogen-bond acceptors (Lipinski definition) is 5. The van der Waals surface area contributed by atoms with Gasteiger partial charge in [-0.05, 0) is 31.9 Å². The molecule has 0 bridgehead atoms. The maximum atomic E-state index is 12.7. The molecule has 1 atom stereocenters. The lowest BCUT2D eigenvalue weighted by molar-refractivity contribution is -0.125. The lowest BCUT2D eigenvalue weighted by Crippen LogP contribution is -2.48. The summed E-state index contributed by atoms with van der Waals surface area (Å²) in [6.45, 7) is 4.97. The van der Waals surface area contributed by atoms with Crippen molar-refractivity contribution in [1.82, 2.24) is 15.5 Å². The molecule has 1 saturated carbocycles. The summed E-state index contributed by atoms with van der Waals surface area (Å²) in [6, 6.07) is 7.99. The number of para-hydroxylation sites is 1. The fraction of sp³-hybridized carbons (Fsp3) is 0.462. The molecule has 1 aromatic heterocycles. The number of carbonyl (C=O) groups is 1. The predicted octanol–water partition coefficient (Wildman–Crippen LogP) is 3.72. The van der Waals surface area contributed by atoms with E-state index in [1.807, 2.05) is 38.2 Å². The number of aryl methyl sites for hydroxylation is 1. The van der Waals surface area contributed by atoms with Crippen LogP contribution in [0.2, 0.25) is 0 Å². The van der Waals surface area contributed by atoms with E-state index in [9.17, 15) is 4.79 Å². The van der Waals surface area contributed by atoms with Gasteiger partial charge in [0.25, 0.3) is 0 Å². The van der Waals surface area contributed by atoms with Gasteiger partial charge >= 0.3 is 0 Å². The minimum atomic E-state index is -0.0277. The topological polar surface area (TPSA) is 69.9 Å². The fourth-order valence-electron chi connectivity index (χ4n) is 5.12. The Bertz CT molecular complexity index is 1100. The second-order valence-corrected chi connectivity index (χ2v) is 9.44. The van der Waals surface area contributed by atoms with Gasteiger partial charge in [-0.2, -0.15) is 0 Å². The number of nitrogens with zero attached hydrogens (tertiary/aromatic N) is 2. The standard InChI is InChI=1S/C26H32N4O2/c1-18-21-7-3-4-8-22(21)32-23(18)16-30(2)24(31)10-9-19-13-20-15-29-26(11-5-6-12-26)17-28-25(20)27-14-19/h3-4,7-10,13,19,29H,5-6,11-12,14-17H2,1-2H3,(H,27,28)/b10-9+. The van der Waals surface area contributed by atoms with Gasteiger partial charge in [0.1, 0.15) is 17.2 Å². The van der Waals surface area contributed by atoms with Crippen LogP contribution >= 0.6 is 0 Å². The Morgan fingerprint density at radius 3 is 2.94 bits per heavy atom. The second kappa shape index (κ2) is 8.58. The summed E-state index contributed by atoms with van der Waals surface area (Å²) >= 11 is 0. The highest BCUT2D eigenvalue weighted by Gasteiger charge is 2.36. The van der Waals surface area contributed by atoms with Gasteiger partial charge in [0.2, 0.25) is 5.91 Å². The van der Waals surface area contributed by atoms with E-state index in [4.69, 9.17) is 9.41 Å². The molecule has 6 nitrogen and oxygen atoms in total. The lowest BCUT2D eigenvalue weighted by atomic mass is 9.98. The van der Waals surface area contributed by atoms with E-state index in [0.29, 0.717) is 13.1 Å². The Kier molecular flexibility index (Phi) is 5.64. The second-order valence-electron chi connectivity index (χ2n) is 9.44. The van der Waals surface area contributed by atoms with Gasteiger partial charge in [-0.1, -0.05) is 43.2 Å². The fourth-order valence-corrected chi connectivity index (χ4v) is 5.12. The number of benzene rings is 1. The first-order valence-corrected chi connectivity index (χ1v) is 11.7. The maximum absolute atomic E-state index is 12.7. The van der Waals surface area contributed by atoms with E-state index in [0.717, 1.165) is 41.2 Å². The molecule has 2 N–H and O–H groups in total. The summed E-state index contributed by atoms with van der Waals surface area (Å²) in [4.78, 5) is 19.2. The first kappa shape index (κ1) is 21.0. The van der Waals surface area contributed by atoms with Gasteiger partial charge in [0.05, 0.1) is 13.1 Å². The number of aliphatic imine (C=N–C) groups is 1. The van der Waals surface area contributed by atoms with E-state index >= 15 is 0 Å². The molecule has 6 heteroatoms. The average Bonchev–Trinajstić information content (AvgIpc) is 3.34. The van der Waals surface area contributed by atoms with Crippen molar-refractivity contribution in [2.24, 2.45) is 10.9 Å². The van der Waals surface area contributed by atoms with Crippen LogP contribution in [-0.2, 0) is 11.3 Å². The number of amidine groups is 1. The molecule has 1 aliphatic carbocycles. The van der Waals surface area contributed by atoms with Gasteiger partial charge in [-0.3, -0.25) is 9.79 Å². The number of hydrogen-bond donors (Lipinski definition) is 2. The first-order valence-electron chi connectivity index (χ1n) is 11.7. The number of dihydropyridines is 1. The van der Waals surface area contributed by atoms with Crippen LogP contribution in [0.3, 0.4) is 0 Å². The Balaban J connectivity index is 1.22. The maximum Gasteiger partial charge on any atom is 0.246 e. The Morgan fingerprint density at radius 1 is 1.31 bits per heavy atom. The molecule has 3 heterocycles. The van der Waals surface area contributed by atoms with Crippen molar-refractivity contribution in [3.63, 3.8) is 0 Å². The van der Waals surface area contributed by atoms with Crippen LogP contribution in [0, 0.1) is 12.8 Å². The lowest BCUT2D eigenvalue weighted by Gasteiger charge is -2.28. The van der Waals surface area contributed by atoms with E-state index in [2.05, 4.69) is 22.8 Å². The summed E-state index contributed by atoms with van der Waals surface area (Å²) in [5.41, 5.74) is 3.40. The summed E-state index contributed by atoms with van der Waals surface area (Å²) in [7, 11) is 1.81. The zero-order chi connectivity index (χ0) is 22.1. The zero-order valence-corrected chi connectivity index (χ0v) is 19.0. The molecule has 5 rings (SSSR count). The van der Waals surface area contributed by atoms with E-state index in [1.165, 1.54) is 31.3 Å². The van der Waals surface area contributed by atoms with Crippen molar-refractivity contribution < 1.29 is 9.21 Å². The van der Waals surface area contributed by atoms with Crippen molar-refractivity contribution in [2.75, 3.05) is 26.7 Å². The van der Waals surface area contributed by atoms with Crippen molar-refractivity contribution in [1.29, 1.82) is 0 Å². The molecule has 2 aliphatic heterocycles. The number of fused-ring (bicyclic) bond motifs is 2. The predicted molar refractivity (Wildman–Crippen MR) is 128 cm³/mol. The molecular formula is C26H32N4O2. The smallest absolute Gasteiger partial charge is 0.246 e. The third-order valence-electron chi connectivity index (χ3n) is 7.17. The number of furan rings is 1. The summed E-state index contributed by atoms with van der Waals surface area (Å²) < 4.78 is 5.97. The van der Waals surface area contributed by atoms with E-state index in [-0.39, 0.29) is 17.4 Å². The molecule has 1 spiro atoms. The SMILES string of the molecule is Cc1c(CN(C)C(=O)/C=C/C2C=C3CNC4(CCCC4)CNC3=NC2)oc2ccccc12. The molecule has 0 radical (unpaired) electrons. The Hall–Kier alpha value is -2.86. The van der Waals surface area contributed by atoms with Gasteiger partial charge in [0.15, 0.2) is 0 Å². The van der Waals surface area contributed by atoms with Gasteiger partial charge in [-0.15, -0.1) is 0 Å². The largest absolute Gasteiger partial charge is 0.459 e. The molecule has 32 heavy (non-hydrogen) atoms. The highest BCUT2D eigenvalue weighted by molar-refractivity contribution is 5.99. The molecule has 168 valence electrons. The highest BCUT2D eigenvalue weighted by atomic mass is 16.3. The number of likely N-dealkylation sites (N-methyl/N-ethyl adjacent to an activating group) is 1. The monoisotopic (exact) mass is 432 g/mol. The van der Waals surface area contributed by atoms with Crippen LogP contribution in [0.25, 0.3) is 11.0 Å². The molecule has 2 aromatic rings. The summed E-state index contributed by atoms with van der Waals surface area (Å²) in [5, 5.41) is 8.46. The summed E-state index contributed by atoms with van der Waals surface area (Å²) in [5.74, 6) is 1.97. The van der Waals surface area contributed by atoms with Crippen molar-refractivity contribution in [2.45, 2.75) is 44.7 Å². The van der Waals surface area contributed by atoms with Crippen LogP contribution in [0.1, 0.15) is 37.0 Å². The molecule has 1 aromatic carbocycles. The van der Waals surface area contributed by atoms with Crippen LogP contribution in [-0.4, -0.2) is 48.9 Å². The normalized spacial score (nSPS) is 22.4. The molecular weight excluding hydrogens is 400 g/mol. The van der Waals surface area contributed by atoms with Gasteiger partial charge in [0, 0.05) is 48.1 Å². The third-order valence-corrected chi connectivity index (χ3v) is 7.17. The first-order chi connectivity index (χ1) is 15.5. The van der Waals surface area contributed by atoms with Crippen molar-refractivity contribution in [3.05, 3.63) is 59.4 Å². The summed E-state index contributed by atoms with van der Waals surface area (Å²) in [6.07, 6.45) is 11.0. The van der Waals surface area contributed by atoms with Crippen LogP contribution in [0.5, 0.6) is 0 Å². The number of amides is 1. The molecule has 1 saturated heterocycles. The highest BCUT2D eigenvalue weighted by Crippen LogP contribution is 2.31. The third kappa shape index (κ3) is 4.11. The number of rotatable bonds is 4. The van der Waals surface area contributed by atoms with E-state index in [1.54, 1.807) is 11.0 Å². The van der Waals surface area contributed by atoms with Crippen LogP contribution in [0.15, 0.2) is 57.5 Å². The average molecular weight is 433 g/mol. The molecule has 2 fully saturated rings. The number of carbonyl (C=O) groups excluding carboxylic acids is 1. The van der Waals surface area contributed by atoms with Crippen LogP contribution in [0.4, 0.5) is 0 Å². The van der Waals surface area contributed by atoms with Crippen molar-refractivity contribution >= 4 is 22.7 Å². The zero-order valence-electron chi connectivity index (χ0n) is 19.0. The number of nitrogens with one attached hydrogen (secondary N) is 2. The minimum Gasteiger partial charge on any atom is -0.459 e. The molecule has 3 aliphatic rings. The van der Waals surface area contributed by atoms with Crippen LogP contribution < -0.4 is 10.6 Å². The Labute approximate surface area is 189 Å². The quantitative estimate of drug-likeness (QED) is 0.723. The molecule has 1 unspecified atom stereocenters. The van der Waals surface area contributed by atoms with Gasteiger partial charge in [-0.25, -0.2) is 0 Å². The van der Waals surface area contributed by atoms with E-state index < -0.39 is 0 Å².